The van der Waals surface area contributed by atoms with Gasteiger partial charge in [-0.05, 0) is 24.6 Å². The lowest BCUT2D eigenvalue weighted by Gasteiger charge is -2.03. The van der Waals surface area contributed by atoms with Gasteiger partial charge in [-0.2, -0.15) is 0 Å². The molecular formula is C12H10. The van der Waals surface area contributed by atoms with Crippen molar-refractivity contribution in [2.75, 3.05) is 0 Å². The third kappa shape index (κ3) is 1.68. The topological polar surface area (TPSA) is 0 Å². The van der Waals surface area contributed by atoms with Crippen molar-refractivity contribution in [1.82, 2.24) is 0 Å². The van der Waals surface area contributed by atoms with Crippen molar-refractivity contribution in [1.29, 1.82) is 0 Å². The molecular weight excluding hydrogens is 144 g/mol. The lowest BCUT2D eigenvalue weighted by molar-refractivity contribution is 1.01. The summed E-state index contributed by atoms with van der Waals surface area (Å²) in [5.74, 6) is 5.38. The van der Waals surface area contributed by atoms with Gasteiger partial charge in [0.15, 0.2) is 0 Å². The van der Waals surface area contributed by atoms with E-state index in [2.05, 4.69) is 11.8 Å². The summed E-state index contributed by atoms with van der Waals surface area (Å²) >= 11 is 0. The summed E-state index contributed by atoms with van der Waals surface area (Å²) in [4.78, 5) is 0. The van der Waals surface area contributed by atoms with Gasteiger partial charge in [0, 0.05) is 11.5 Å². The Labute approximate surface area is 73.6 Å². The lowest BCUT2D eigenvalue weighted by Crippen LogP contribution is -1.89. The summed E-state index contributed by atoms with van der Waals surface area (Å²) in [6, 6.07) is 7.76. The lowest BCUT2D eigenvalue weighted by atomic mass is 10.0. The first-order chi connectivity index (χ1) is 5.77. The molecule has 0 saturated heterocycles. The quantitative estimate of drug-likeness (QED) is 0.545. The van der Waals surface area contributed by atoms with E-state index in [4.69, 9.17) is 12.8 Å². The predicted molar refractivity (Wildman–Crippen MR) is 51.6 cm³/mol. The van der Waals surface area contributed by atoms with Gasteiger partial charge in [0.1, 0.15) is 0 Å². The molecule has 58 valence electrons. The van der Waals surface area contributed by atoms with E-state index in [-0.39, 0.29) is 5.92 Å². The molecule has 0 radical (unpaired) electrons. The average Bonchev–Trinajstić information content (AvgIpc) is 2.17. The van der Waals surface area contributed by atoms with Gasteiger partial charge in [-0.25, -0.2) is 0 Å². The summed E-state index contributed by atoms with van der Waals surface area (Å²) in [6.45, 7) is 1.98. The normalized spacial score (nSPS) is 11.2. The number of hydrogen-bond acceptors (Lipinski definition) is 0. The molecule has 1 aromatic rings. The fourth-order valence-corrected chi connectivity index (χ4v) is 0.994. The summed E-state index contributed by atoms with van der Waals surface area (Å²) in [5, 5.41) is 0. The molecule has 0 amide bonds. The SMILES string of the molecule is C#Cc1cccc(C(C)C#C)c1. The van der Waals surface area contributed by atoms with Gasteiger partial charge in [0.05, 0.1) is 0 Å². The van der Waals surface area contributed by atoms with Crippen LogP contribution in [0.1, 0.15) is 24.0 Å². The van der Waals surface area contributed by atoms with Crippen molar-refractivity contribution in [3.05, 3.63) is 35.4 Å². The highest BCUT2D eigenvalue weighted by Crippen LogP contribution is 2.14. The largest absolute Gasteiger partial charge is 0.119 e. The maximum Gasteiger partial charge on any atom is 0.0421 e. The van der Waals surface area contributed by atoms with Crippen molar-refractivity contribution in [2.24, 2.45) is 0 Å². The molecule has 0 N–H and O–H groups in total. The maximum atomic E-state index is 5.29. The molecule has 0 heteroatoms. The van der Waals surface area contributed by atoms with E-state index < -0.39 is 0 Å². The van der Waals surface area contributed by atoms with Crippen molar-refractivity contribution < 1.29 is 0 Å². The van der Waals surface area contributed by atoms with Gasteiger partial charge in [-0.1, -0.05) is 24.0 Å². The Kier molecular flexibility index (Phi) is 2.57. The molecule has 12 heavy (non-hydrogen) atoms. The van der Waals surface area contributed by atoms with Crippen molar-refractivity contribution in [3.8, 4) is 24.7 Å². The number of rotatable bonds is 1. The van der Waals surface area contributed by atoms with Crippen LogP contribution in [0.25, 0.3) is 0 Å². The Bertz CT molecular complexity index is 347. The molecule has 0 bridgehead atoms. The first-order valence-electron chi connectivity index (χ1n) is 3.80. The molecule has 1 aromatic carbocycles. The molecule has 0 aromatic heterocycles. The predicted octanol–water partition coefficient (Wildman–Crippen LogP) is 2.40. The fraction of sp³-hybridized carbons (Fsp3) is 0.167. The Hall–Kier alpha value is -1.66. The Balaban J connectivity index is 3.05. The average molecular weight is 154 g/mol. The highest BCUT2D eigenvalue weighted by atomic mass is 14.0. The molecule has 0 saturated carbocycles. The zero-order valence-electron chi connectivity index (χ0n) is 7.04. The Morgan fingerprint density at radius 3 is 2.67 bits per heavy atom. The molecule has 0 aliphatic heterocycles. The Morgan fingerprint density at radius 2 is 2.08 bits per heavy atom. The van der Waals surface area contributed by atoms with E-state index in [1.165, 1.54) is 0 Å². The fourth-order valence-electron chi connectivity index (χ4n) is 0.994. The maximum absolute atomic E-state index is 5.29. The molecule has 1 unspecified atom stereocenters. The van der Waals surface area contributed by atoms with Crippen LogP contribution >= 0.6 is 0 Å². The molecule has 0 aliphatic rings. The summed E-state index contributed by atoms with van der Waals surface area (Å²) in [7, 11) is 0. The van der Waals surface area contributed by atoms with Crippen LogP contribution in [0.3, 0.4) is 0 Å². The van der Waals surface area contributed by atoms with Gasteiger partial charge in [-0.3, -0.25) is 0 Å². The second kappa shape index (κ2) is 3.65. The third-order valence-electron chi connectivity index (χ3n) is 1.80. The van der Waals surface area contributed by atoms with Crippen LogP contribution in [0, 0.1) is 24.7 Å². The van der Waals surface area contributed by atoms with Gasteiger partial charge in [0.2, 0.25) is 0 Å². The van der Waals surface area contributed by atoms with Crippen LogP contribution in [0.15, 0.2) is 24.3 Å². The van der Waals surface area contributed by atoms with E-state index in [1.807, 2.05) is 31.2 Å². The molecule has 1 atom stereocenters. The highest BCUT2D eigenvalue weighted by molar-refractivity contribution is 5.38. The zero-order chi connectivity index (χ0) is 8.97. The first kappa shape index (κ1) is 8.44. The van der Waals surface area contributed by atoms with Crippen LogP contribution in [0.4, 0.5) is 0 Å². The van der Waals surface area contributed by atoms with E-state index in [0.29, 0.717) is 0 Å². The standard InChI is InChI=1S/C12H10/c1-4-10(3)12-8-6-7-11(5-2)9-12/h1-2,6-10H,3H3. The van der Waals surface area contributed by atoms with Gasteiger partial charge >= 0.3 is 0 Å². The smallest absolute Gasteiger partial charge is 0.0421 e. The minimum absolute atomic E-state index is 0.137. The van der Waals surface area contributed by atoms with Crippen molar-refractivity contribution in [2.45, 2.75) is 12.8 Å². The van der Waals surface area contributed by atoms with Crippen molar-refractivity contribution >= 4 is 0 Å². The van der Waals surface area contributed by atoms with E-state index >= 15 is 0 Å². The van der Waals surface area contributed by atoms with Crippen LogP contribution in [0.2, 0.25) is 0 Å². The van der Waals surface area contributed by atoms with Crippen LogP contribution in [0.5, 0.6) is 0 Å². The molecule has 1 rings (SSSR count). The number of terminal acetylenes is 2. The molecule has 0 spiro atoms. The van der Waals surface area contributed by atoms with Crippen LogP contribution in [-0.4, -0.2) is 0 Å². The molecule has 0 heterocycles. The van der Waals surface area contributed by atoms with Crippen molar-refractivity contribution in [3.63, 3.8) is 0 Å². The van der Waals surface area contributed by atoms with Gasteiger partial charge < -0.3 is 0 Å². The van der Waals surface area contributed by atoms with Gasteiger partial charge in [0.25, 0.3) is 0 Å². The van der Waals surface area contributed by atoms with E-state index in [0.717, 1.165) is 11.1 Å². The highest BCUT2D eigenvalue weighted by Gasteiger charge is 2.00. The third-order valence-corrected chi connectivity index (χ3v) is 1.80. The van der Waals surface area contributed by atoms with E-state index in [9.17, 15) is 0 Å². The second-order valence-corrected chi connectivity index (χ2v) is 2.66. The van der Waals surface area contributed by atoms with Crippen LogP contribution in [-0.2, 0) is 0 Å². The minimum Gasteiger partial charge on any atom is -0.119 e. The first-order valence-corrected chi connectivity index (χ1v) is 3.80. The minimum atomic E-state index is 0.137. The van der Waals surface area contributed by atoms with Crippen LogP contribution < -0.4 is 0 Å². The molecule has 0 nitrogen and oxygen atoms in total. The molecule has 0 fully saturated rings. The Morgan fingerprint density at radius 1 is 1.33 bits per heavy atom. The zero-order valence-corrected chi connectivity index (χ0v) is 7.04. The summed E-state index contributed by atoms with van der Waals surface area (Å²) in [5.41, 5.74) is 1.99. The second-order valence-electron chi connectivity index (χ2n) is 2.66. The van der Waals surface area contributed by atoms with E-state index in [1.54, 1.807) is 0 Å². The number of hydrogen-bond donors (Lipinski definition) is 0. The van der Waals surface area contributed by atoms with Gasteiger partial charge in [-0.15, -0.1) is 12.8 Å². The summed E-state index contributed by atoms with van der Waals surface area (Å²) < 4.78 is 0. The molecule has 0 aliphatic carbocycles. The number of benzene rings is 1. The summed E-state index contributed by atoms with van der Waals surface area (Å²) in [6.07, 6.45) is 10.6. The monoisotopic (exact) mass is 154 g/mol.